The molecule has 0 unspecified atom stereocenters. The van der Waals surface area contributed by atoms with E-state index in [1.807, 2.05) is 30.3 Å². The SMILES string of the molecule is Nc1ncc(-c2cccc(-c3cccc([N+](=O)[O-])c3)c2)c(NCCCN2CCNC2)n1. The number of benzene rings is 2. The fraction of sp³-hybridized carbons (Fsp3) is 0.273. The molecule has 0 radical (unpaired) electrons. The zero-order valence-electron chi connectivity index (χ0n) is 17.1. The van der Waals surface area contributed by atoms with E-state index in [0.29, 0.717) is 5.82 Å². The monoisotopic (exact) mass is 419 g/mol. The largest absolute Gasteiger partial charge is 0.369 e. The number of nitrogens with two attached hydrogens (primary N) is 1. The third-order valence-corrected chi connectivity index (χ3v) is 5.26. The van der Waals surface area contributed by atoms with E-state index in [9.17, 15) is 10.1 Å². The first-order valence-electron chi connectivity index (χ1n) is 10.2. The van der Waals surface area contributed by atoms with Crippen molar-refractivity contribution in [3.63, 3.8) is 0 Å². The summed E-state index contributed by atoms with van der Waals surface area (Å²) in [6.07, 6.45) is 2.69. The van der Waals surface area contributed by atoms with Crippen molar-refractivity contribution in [1.82, 2.24) is 20.2 Å². The van der Waals surface area contributed by atoms with Crippen molar-refractivity contribution in [3.05, 3.63) is 64.8 Å². The summed E-state index contributed by atoms with van der Waals surface area (Å²) in [4.78, 5) is 21.7. The van der Waals surface area contributed by atoms with Gasteiger partial charge in [0.15, 0.2) is 0 Å². The van der Waals surface area contributed by atoms with E-state index in [0.717, 1.165) is 61.5 Å². The van der Waals surface area contributed by atoms with E-state index in [-0.39, 0.29) is 16.6 Å². The second-order valence-corrected chi connectivity index (χ2v) is 7.44. The number of non-ortho nitro benzene ring substituents is 1. The molecule has 9 nitrogen and oxygen atoms in total. The van der Waals surface area contributed by atoms with Gasteiger partial charge in [0.2, 0.25) is 5.95 Å². The Morgan fingerprint density at radius 2 is 1.94 bits per heavy atom. The van der Waals surface area contributed by atoms with Crippen LogP contribution in [-0.4, -0.2) is 52.6 Å². The summed E-state index contributed by atoms with van der Waals surface area (Å²) < 4.78 is 0. The van der Waals surface area contributed by atoms with Crippen molar-refractivity contribution in [2.24, 2.45) is 0 Å². The van der Waals surface area contributed by atoms with Crippen LogP contribution in [0.1, 0.15) is 6.42 Å². The van der Waals surface area contributed by atoms with Crippen molar-refractivity contribution in [1.29, 1.82) is 0 Å². The Hall–Kier alpha value is -3.56. The predicted octanol–water partition coefficient (Wildman–Crippen LogP) is 2.97. The highest BCUT2D eigenvalue weighted by Gasteiger charge is 2.13. The number of nitro groups is 1. The van der Waals surface area contributed by atoms with Crippen molar-refractivity contribution < 1.29 is 4.92 Å². The lowest BCUT2D eigenvalue weighted by molar-refractivity contribution is -0.384. The van der Waals surface area contributed by atoms with Gasteiger partial charge in [-0.1, -0.05) is 30.3 Å². The van der Waals surface area contributed by atoms with Crippen LogP contribution in [0.3, 0.4) is 0 Å². The lowest BCUT2D eigenvalue weighted by atomic mass is 9.99. The van der Waals surface area contributed by atoms with Gasteiger partial charge in [0.25, 0.3) is 5.69 Å². The maximum atomic E-state index is 11.1. The Balaban J connectivity index is 1.54. The van der Waals surface area contributed by atoms with E-state index in [1.165, 1.54) is 6.07 Å². The van der Waals surface area contributed by atoms with Gasteiger partial charge < -0.3 is 16.4 Å². The molecular formula is C22H25N7O2. The lowest BCUT2D eigenvalue weighted by Gasteiger charge is -2.15. The van der Waals surface area contributed by atoms with Crippen LogP contribution in [0.5, 0.6) is 0 Å². The molecule has 0 spiro atoms. The molecule has 9 heteroatoms. The van der Waals surface area contributed by atoms with Crippen LogP contribution in [0, 0.1) is 10.1 Å². The molecule has 1 aliphatic rings. The molecule has 4 N–H and O–H groups in total. The minimum absolute atomic E-state index is 0.0641. The van der Waals surface area contributed by atoms with E-state index in [2.05, 4.69) is 25.5 Å². The topological polar surface area (TPSA) is 122 Å². The summed E-state index contributed by atoms with van der Waals surface area (Å²) in [5, 5.41) is 17.8. The fourth-order valence-corrected chi connectivity index (χ4v) is 3.66. The summed E-state index contributed by atoms with van der Waals surface area (Å²) in [5.74, 6) is 0.896. The number of aromatic nitrogens is 2. The first-order valence-corrected chi connectivity index (χ1v) is 10.2. The number of hydrogen-bond acceptors (Lipinski definition) is 8. The van der Waals surface area contributed by atoms with Crippen LogP contribution < -0.4 is 16.4 Å². The van der Waals surface area contributed by atoms with Gasteiger partial charge in [-0.25, -0.2) is 4.98 Å². The van der Waals surface area contributed by atoms with E-state index in [4.69, 9.17) is 5.73 Å². The summed E-state index contributed by atoms with van der Waals surface area (Å²) in [6, 6.07) is 14.4. The molecule has 160 valence electrons. The number of nitrogens with one attached hydrogen (secondary N) is 2. The highest BCUT2D eigenvalue weighted by Crippen LogP contribution is 2.31. The number of anilines is 2. The summed E-state index contributed by atoms with van der Waals surface area (Å²) in [7, 11) is 0. The first-order chi connectivity index (χ1) is 15.1. The lowest BCUT2D eigenvalue weighted by Crippen LogP contribution is -2.24. The third kappa shape index (κ3) is 5.14. The molecule has 0 amide bonds. The average Bonchev–Trinajstić information content (AvgIpc) is 3.31. The molecular weight excluding hydrogens is 394 g/mol. The first kappa shape index (κ1) is 20.7. The molecule has 2 heterocycles. The smallest absolute Gasteiger partial charge is 0.270 e. The van der Waals surface area contributed by atoms with Crippen molar-refractivity contribution in [2.45, 2.75) is 6.42 Å². The maximum Gasteiger partial charge on any atom is 0.270 e. The number of nitro benzene ring substituents is 1. The van der Waals surface area contributed by atoms with E-state index < -0.39 is 0 Å². The van der Waals surface area contributed by atoms with Crippen LogP contribution in [0.15, 0.2) is 54.7 Å². The molecule has 0 aliphatic carbocycles. The zero-order valence-corrected chi connectivity index (χ0v) is 17.1. The molecule has 1 fully saturated rings. The van der Waals surface area contributed by atoms with Gasteiger partial charge in [0.05, 0.1) is 4.92 Å². The number of rotatable bonds is 8. The zero-order chi connectivity index (χ0) is 21.6. The minimum atomic E-state index is -0.388. The molecule has 0 bridgehead atoms. The molecule has 1 aliphatic heterocycles. The molecule has 0 atom stereocenters. The Bertz CT molecular complexity index is 1070. The molecule has 2 aromatic carbocycles. The van der Waals surface area contributed by atoms with Gasteiger partial charge in [-0.15, -0.1) is 0 Å². The molecule has 0 saturated carbocycles. The van der Waals surface area contributed by atoms with Crippen LogP contribution in [0.2, 0.25) is 0 Å². The van der Waals surface area contributed by atoms with Gasteiger partial charge in [-0.05, 0) is 29.2 Å². The summed E-state index contributed by atoms with van der Waals surface area (Å²) >= 11 is 0. The standard InChI is InChI=1S/C22H25N7O2/c23-22-26-14-20(21(27-22)25-8-3-10-28-11-9-24-15-28)18-6-1-4-16(12-18)17-5-2-7-19(13-17)29(30)31/h1-2,4-7,12-14,24H,3,8-11,15H2,(H3,23,25,26,27). The number of hydrogen-bond donors (Lipinski definition) is 3. The van der Waals surface area contributed by atoms with Gasteiger partial charge >= 0.3 is 0 Å². The Morgan fingerprint density at radius 3 is 2.71 bits per heavy atom. The van der Waals surface area contributed by atoms with Crippen molar-refractivity contribution in [2.75, 3.05) is 43.9 Å². The van der Waals surface area contributed by atoms with Gasteiger partial charge in [-0.3, -0.25) is 15.0 Å². The van der Waals surface area contributed by atoms with Crippen LogP contribution in [0.25, 0.3) is 22.3 Å². The number of nitrogen functional groups attached to an aromatic ring is 1. The van der Waals surface area contributed by atoms with Crippen LogP contribution in [-0.2, 0) is 0 Å². The van der Waals surface area contributed by atoms with Crippen molar-refractivity contribution >= 4 is 17.5 Å². The molecule has 1 aromatic heterocycles. The minimum Gasteiger partial charge on any atom is -0.369 e. The second kappa shape index (κ2) is 9.50. The second-order valence-electron chi connectivity index (χ2n) is 7.44. The van der Waals surface area contributed by atoms with Gasteiger partial charge in [0, 0.05) is 56.7 Å². The third-order valence-electron chi connectivity index (χ3n) is 5.26. The predicted molar refractivity (Wildman–Crippen MR) is 122 cm³/mol. The van der Waals surface area contributed by atoms with Crippen LogP contribution in [0.4, 0.5) is 17.5 Å². The summed E-state index contributed by atoms with van der Waals surface area (Å²) in [5.41, 5.74) is 9.31. The highest BCUT2D eigenvalue weighted by atomic mass is 16.6. The Morgan fingerprint density at radius 1 is 1.16 bits per heavy atom. The summed E-state index contributed by atoms with van der Waals surface area (Å²) in [6.45, 7) is 4.84. The average molecular weight is 419 g/mol. The van der Waals surface area contributed by atoms with Crippen LogP contribution >= 0.6 is 0 Å². The fourth-order valence-electron chi connectivity index (χ4n) is 3.66. The van der Waals surface area contributed by atoms with Gasteiger partial charge in [0.1, 0.15) is 5.82 Å². The molecule has 3 aromatic rings. The Labute approximate surface area is 180 Å². The van der Waals surface area contributed by atoms with Gasteiger partial charge in [-0.2, -0.15) is 4.98 Å². The highest BCUT2D eigenvalue weighted by molar-refractivity contribution is 5.79. The molecule has 4 rings (SSSR count). The van der Waals surface area contributed by atoms with E-state index in [1.54, 1.807) is 18.3 Å². The normalized spacial score (nSPS) is 13.9. The molecule has 31 heavy (non-hydrogen) atoms. The maximum absolute atomic E-state index is 11.1. The van der Waals surface area contributed by atoms with E-state index >= 15 is 0 Å². The molecule has 1 saturated heterocycles. The Kier molecular flexibility index (Phi) is 6.34. The quantitative estimate of drug-likeness (QED) is 0.289. The van der Waals surface area contributed by atoms with Crippen molar-refractivity contribution in [3.8, 4) is 22.3 Å². The number of nitrogens with zero attached hydrogens (tertiary/aromatic N) is 4.